The predicted octanol–water partition coefficient (Wildman–Crippen LogP) is 4.78. The minimum atomic E-state index is -1.94. The van der Waals surface area contributed by atoms with Gasteiger partial charge in [0.25, 0.3) is 0 Å². The molecule has 15 atom stereocenters. The summed E-state index contributed by atoms with van der Waals surface area (Å²) in [5.41, 5.74) is -3.18. The van der Waals surface area contributed by atoms with Gasteiger partial charge in [0.1, 0.15) is 17.5 Å². The highest BCUT2D eigenvalue weighted by atomic mass is 33.1. The Morgan fingerprint density at radius 3 is 2.31 bits per heavy atom. The molecule has 3 fully saturated rings. The van der Waals surface area contributed by atoms with Crippen molar-refractivity contribution in [3.8, 4) is 0 Å². The standard InChI is InChI=1S/C38H67NO11S2/c1-12-28-38(8,45)33(43)23(4)30(41)21(2)20-37(7,46-11)34(24(5)31(42)25(6)35(44)48-28)50-36-32(27(39(9)10)19-22(3)47-36)49-29(40)16-14-13-15-26-17-18-51-52-26/h21-28,31-34,36,42-43,45H,12-20H2,1-11H3/t21-,22+,23+,24-,25+,26+,27-,28-,31+,32+,33+,34-,36-,37-,38-/m1/s1. The zero-order valence-electron chi connectivity index (χ0n) is 33.2. The zero-order valence-corrected chi connectivity index (χ0v) is 34.9. The lowest BCUT2D eigenvalue weighted by Crippen LogP contribution is -2.61. The van der Waals surface area contributed by atoms with Crippen molar-refractivity contribution < 1.29 is 53.4 Å². The quantitative estimate of drug-likeness (QED) is 0.149. The van der Waals surface area contributed by atoms with E-state index >= 15 is 0 Å². The maximum Gasteiger partial charge on any atom is 0.311 e. The van der Waals surface area contributed by atoms with Crippen LogP contribution in [0.15, 0.2) is 0 Å². The van der Waals surface area contributed by atoms with Crippen LogP contribution in [0.5, 0.6) is 0 Å². The smallest absolute Gasteiger partial charge is 0.311 e. The number of ether oxygens (including phenoxy) is 5. The van der Waals surface area contributed by atoms with Crippen molar-refractivity contribution in [1.82, 2.24) is 4.90 Å². The fourth-order valence-electron chi connectivity index (χ4n) is 8.11. The number of hydrogen-bond acceptors (Lipinski definition) is 14. The number of cyclic esters (lactones) is 1. The molecule has 0 aromatic carbocycles. The van der Waals surface area contributed by atoms with Crippen LogP contribution in [0.2, 0.25) is 0 Å². The second-order valence-electron chi connectivity index (χ2n) is 16.1. The molecule has 0 saturated carbocycles. The number of likely N-dealkylation sites (N-methyl/N-ethyl adjacent to an activating group) is 1. The van der Waals surface area contributed by atoms with Gasteiger partial charge in [-0.15, -0.1) is 0 Å². The molecule has 3 rings (SSSR count). The van der Waals surface area contributed by atoms with E-state index in [1.807, 2.05) is 47.5 Å². The molecule has 302 valence electrons. The SMILES string of the molecule is CC[C@H]1OC(=O)[C@@H](C)[C@@H](O)[C@@H](C)[C@@H](O[C@H]2O[C@@H](C)C[C@@H](N(C)C)[C@@H]2OC(=O)CCCC[C@H]2CCSS2)[C@](C)(OC)C[C@@H](C)C(=O)[C@H](C)[C@H](O)[C@]1(C)O. The minimum Gasteiger partial charge on any atom is -0.459 e. The summed E-state index contributed by atoms with van der Waals surface area (Å²) in [5.74, 6) is -3.80. The molecule has 12 nitrogen and oxygen atoms in total. The van der Waals surface area contributed by atoms with Crippen LogP contribution in [0.1, 0.15) is 107 Å². The normalized spacial score (nSPS) is 42.9. The van der Waals surface area contributed by atoms with Crippen molar-refractivity contribution in [2.75, 3.05) is 27.0 Å². The molecule has 0 aromatic heterocycles. The number of methoxy groups -OCH3 is 1. The summed E-state index contributed by atoms with van der Waals surface area (Å²) < 4.78 is 31.4. The first-order valence-electron chi connectivity index (χ1n) is 19.1. The van der Waals surface area contributed by atoms with Gasteiger partial charge in [-0.1, -0.05) is 55.7 Å². The van der Waals surface area contributed by atoms with Crippen LogP contribution in [0, 0.1) is 23.7 Å². The summed E-state index contributed by atoms with van der Waals surface area (Å²) in [6, 6.07) is -0.243. The molecule has 0 spiro atoms. The average Bonchev–Trinajstić information content (AvgIpc) is 3.63. The minimum absolute atomic E-state index is 0.112. The van der Waals surface area contributed by atoms with Crippen LogP contribution in [0.25, 0.3) is 0 Å². The number of aliphatic hydroxyl groups is 3. The molecule has 0 aliphatic carbocycles. The van der Waals surface area contributed by atoms with Crippen LogP contribution < -0.4 is 0 Å². The molecular weight excluding hydrogens is 711 g/mol. The Bertz CT molecular complexity index is 1170. The number of carbonyl (C=O) groups excluding carboxylic acids is 3. The maximum atomic E-state index is 13.9. The molecule has 3 aliphatic heterocycles. The molecule has 3 heterocycles. The largest absolute Gasteiger partial charge is 0.459 e. The maximum absolute atomic E-state index is 13.9. The number of rotatable bonds is 11. The van der Waals surface area contributed by atoms with Gasteiger partial charge >= 0.3 is 11.9 Å². The van der Waals surface area contributed by atoms with Gasteiger partial charge in [-0.25, -0.2) is 0 Å². The molecule has 0 aromatic rings. The first-order valence-corrected chi connectivity index (χ1v) is 21.5. The van der Waals surface area contributed by atoms with Gasteiger partial charge in [0.05, 0.1) is 42.0 Å². The van der Waals surface area contributed by atoms with Crippen molar-refractivity contribution in [1.29, 1.82) is 0 Å². The van der Waals surface area contributed by atoms with Crippen LogP contribution in [0.4, 0.5) is 0 Å². The number of hydrogen-bond donors (Lipinski definition) is 3. The lowest BCUT2D eigenvalue weighted by Gasteiger charge is -2.48. The Labute approximate surface area is 319 Å². The molecule has 0 amide bonds. The summed E-state index contributed by atoms with van der Waals surface area (Å²) in [4.78, 5) is 42.8. The average molecular weight is 778 g/mol. The third kappa shape index (κ3) is 11.1. The topological polar surface area (TPSA) is 161 Å². The van der Waals surface area contributed by atoms with Crippen LogP contribution in [-0.4, -0.2) is 130 Å². The molecule has 3 N–H and O–H groups in total. The lowest BCUT2D eigenvalue weighted by molar-refractivity contribution is -0.304. The van der Waals surface area contributed by atoms with Crippen LogP contribution in [-0.2, 0) is 38.1 Å². The van der Waals surface area contributed by atoms with Gasteiger partial charge in [-0.05, 0) is 80.3 Å². The number of nitrogens with zero attached hydrogens (tertiary/aromatic N) is 1. The number of unbranched alkanes of at least 4 members (excludes halogenated alkanes) is 1. The summed E-state index contributed by atoms with van der Waals surface area (Å²) in [7, 11) is 9.17. The van der Waals surface area contributed by atoms with E-state index in [1.54, 1.807) is 41.5 Å². The Hall–Kier alpha value is -0.970. The van der Waals surface area contributed by atoms with E-state index in [0.29, 0.717) is 11.7 Å². The molecule has 3 aliphatic rings. The monoisotopic (exact) mass is 777 g/mol. The molecule has 52 heavy (non-hydrogen) atoms. The van der Waals surface area contributed by atoms with E-state index in [2.05, 4.69) is 0 Å². The van der Waals surface area contributed by atoms with Crippen molar-refractivity contribution in [2.45, 2.75) is 172 Å². The highest BCUT2D eigenvalue weighted by Gasteiger charge is 2.52. The van der Waals surface area contributed by atoms with E-state index in [-0.39, 0.29) is 43.2 Å². The van der Waals surface area contributed by atoms with Crippen LogP contribution in [0.3, 0.4) is 0 Å². The van der Waals surface area contributed by atoms with Gasteiger partial charge in [0.15, 0.2) is 12.4 Å². The number of Topliss-reactive ketones (excluding diaryl/α,β-unsaturated/α-hetero) is 1. The first-order chi connectivity index (χ1) is 24.3. The molecule has 0 unspecified atom stereocenters. The fraction of sp³-hybridized carbons (Fsp3) is 0.921. The summed E-state index contributed by atoms with van der Waals surface area (Å²) in [6.07, 6.45) is -2.06. The van der Waals surface area contributed by atoms with Gasteiger partial charge in [-0.2, -0.15) is 0 Å². The van der Waals surface area contributed by atoms with E-state index < -0.39 is 77.7 Å². The molecule has 3 saturated heterocycles. The molecule has 0 bridgehead atoms. The first kappa shape index (κ1) is 45.4. The summed E-state index contributed by atoms with van der Waals surface area (Å²) >= 11 is 0. The van der Waals surface area contributed by atoms with E-state index in [9.17, 15) is 29.7 Å². The molecular formula is C38H67NO11S2. The molecule has 0 radical (unpaired) electrons. The van der Waals surface area contributed by atoms with Crippen molar-refractivity contribution in [3.63, 3.8) is 0 Å². The Morgan fingerprint density at radius 2 is 1.73 bits per heavy atom. The number of ketones is 1. The van der Waals surface area contributed by atoms with Crippen molar-refractivity contribution in [2.24, 2.45) is 23.7 Å². The summed E-state index contributed by atoms with van der Waals surface area (Å²) in [5, 5.41) is 35.1. The predicted molar refractivity (Wildman–Crippen MR) is 203 cm³/mol. The molecule has 14 heteroatoms. The number of aliphatic hydroxyl groups excluding tert-OH is 2. The van der Waals surface area contributed by atoms with Gasteiger partial charge in [0.2, 0.25) is 0 Å². The van der Waals surface area contributed by atoms with Crippen LogP contribution >= 0.6 is 21.6 Å². The van der Waals surface area contributed by atoms with Gasteiger partial charge in [-0.3, -0.25) is 14.4 Å². The van der Waals surface area contributed by atoms with E-state index in [4.69, 9.17) is 23.7 Å². The van der Waals surface area contributed by atoms with E-state index in [0.717, 1.165) is 19.3 Å². The van der Waals surface area contributed by atoms with Gasteiger partial charge in [0, 0.05) is 42.3 Å². The number of esters is 2. The Morgan fingerprint density at radius 1 is 1.06 bits per heavy atom. The van der Waals surface area contributed by atoms with Gasteiger partial charge < -0.3 is 43.9 Å². The Kier molecular flexibility index (Phi) is 17.3. The third-order valence-corrected chi connectivity index (χ3v) is 14.7. The van der Waals surface area contributed by atoms with E-state index in [1.165, 1.54) is 26.2 Å². The fourth-order valence-corrected chi connectivity index (χ4v) is 11.1. The second-order valence-corrected chi connectivity index (χ2v) is 18.9. The number of carbonyl (C=O) groups is 3. The lowest BCUT2D eigenvalue weighted by atomic mass is 9.74. The zero-order chi connectivity index (χ0) is 39.1. The summed E-state index contributed by atoms with van der Waals surface area (Å²) in [6.45, 7) is 13.3. The van der Waals surface area contributed by atoms with Crippen molar-refractivity contribution >= 4 is 39.3 Å². The third-order valence-electron chi connectivity index (χ3n) is 11.7. The Balaban J connectivity index is 1.98. The highest BCUT2D eigenvalue weighted by Crippen LogP contribution is 2.41. The highest BCUT2D eigenvalue weighted by molar-refractivity contribution is 8.77. The van der Waals surface area contributed by atoms with Crippen molar-refractivity contribution in [3.05, 3.63) is 0 Å². The second kappa shape index (κ2) is 19.8.